The van der Waals surface area contributed by atoms with Crippen LogP contribution < -0.4 is 5.32 Å². The second kappa shape index (κ2) is 8.83. The van der Waals surface area contributed by atoms with Crippen LogP contribution in [0.4, 0.5) is 0 Å². The zero-order valence-electron chi connectivity index (χ0n) is 18.9. The molecule has 0 unspecified atom stereocenters. The van der Waals surface area contributed by atoms with Crippen LogP contribution in [0, 0.1) is 0 Å². The van der Waals surface area contributed by atoms with Gasteiger partial charge >= 0.3 is 0 Å². The fourth-order valence-electron chi connectivity index (χ4n) is 5.37. The van der Waals surface area contributed by atoms with Gasteiger partial charge in [0.1, 0.15) is 5.54 Å². The molecule has 8 nitrogen and oxygen atoms in total. The summed E-state index contributed by atoms with van der Waals surface area (Å²) in [6.07, 6.45) is 5.16. The first-order valence-corrected chi connectivity index (χ1v) is 11.9. The minimum Gasteiger partial charge on any atom is -0.379 e. The van der Waals surface area contributed by atoms with E-state index in [1.807, 2.05) is 35.8 Å². The maximum atomic E-state index is 13.7. The second-order valence-electron chi connectivity index (χ2n) is 9.50. The standard InChI is InChI=1S/C24H33N5O3/c1-24(23(31)25-18-7-2-3-8-18)17-28-20-10-5-4-9-19(20)26-21(28)22(30)29(24)12-6-11-27-13-15-32-16-14-27/h4-5,9-10,18H,2-3,6-8,11-17H2,1H3,(H,25,31)/t24-/m0/s1. The third kappa shape index (κ3) is 3.90. The average molecular weight is 440 g/mol. The average Bonchev–Trinajstić information content (AvgIpc) is 3.45. The number of ether oxygens (including phenoxy) is 1. The van der Waals surface area contributed by atoms with E-state index in [4.69, 9.17) is 4.74 Å². The third-order valence-corrected chi connectivity index (χ3v) is 7.29. The van der Waals surface area contributed by atoms with E-state index in [0.29, 0.717) is 18.9 Å². The molecule has 2 amide bonds. The number of para-hydroxylation sites is 2. The van der Waals surface area contributed by atoms with Crippen molar-refractivity contribution in [3.63, 3.8) is 0 Å². The molecule has 3 heterocycles. The highest BCUT2D eigenvalue weighted by atomic mass is 16.5. The van der Waals surface area contributed by atoms with Gasteiger partial charge in [0.05, 0.1) is 30.8 Å². The van der Waals surface area contributed by atoms with Gasteiger partial charge in [-0.1, -0.05) is 25.0 Å². The van der Waals surface area contributed by atoms with E-state index in [9.17, 15) is 9.59 Å². The molecule has 3 aliphatic rings. The Morgan fingerprint density at radius 3 is 2.72 bits per heavy atom. The fourth-order valence-corrected chi connectivity index (χ4v) is 5.37. The molecule has 8 heteroatoms. The first kappa shape index (κ1) is 21.4. The van der Waals surface area contributed by atoms with Gasteiger partial charge in [0.2, 0.25) is 5.91 Å². The van der Waals surface area contributed by atoms with Gasteiger partial charge < -0.3 is 19.5 Å². The Morgan fingerprint density at radius 2 is 1.94 bits per heavy atom. The molecule has 2 aliphatic heterocycles. The minimum atomic E-state index is -0.943. The van der Waals surface area contributed by atoms with E-state index in [-0.39, 0.29) is 17.9 Å². The molecule has 2 fully saturated rings. The number of nitrogens with zero attached hydrogens (tertiary/aromatic N) is 4. The number of carbonyl (C=O) groups excluding carboxylic acids is 2. The molecule has 32 heavy (non-hydrogen) atoms. The summed E-state index contributed by atoms with van der Waals surface area (Å²) in [4.78, 5) is 36.0. The molecule has 1 aromatic carbocycles. The summed E-state index contributed by atoms with van der Waals surface area (Å²) in [6.45, 7) is 7.12. The van der Waals surface area contributed by atoms with Crippen LogP contribution in [-0.4, -0.2) is 82.1 Å². The summed E-state index contributed by atoms with van der Waals surface area (Å²) < 4.78 is 7.37. The van der Waals surface area contributed by atoms with Crippen LogP contribution >= 0.6 is 0 Å². The van der Waals surface area contributed by atoms with Crippen molar-refractivity contribution >= 4 is 22.8 Å². The van der Waals surface area contributed by atoms with Crippen molar-refractivity contribution in [2.45, 2.75) is 57.2 Å². The van der Waals surface area contributed by atoms with E-state index in [0.717, 1.165) is 76.0 Å². The molecule has 1 aliphatic carbocycles. The Balaban J connectivity index is 1.41. The van der Waals surface area contributed by atoms with Crippen LogP contribution in [0.2, 0.25) is 0 Å². The highest BCUT2D eigenvalue weighted by molar-refractivity contribution is 6.01. The van der Waals surface area contributed by atoms with E-state index >= 15 is 0 Å². The lowest BCUT2D eigenvalue weighted by Crippen LogP contribution is -2.65. The number of morpholine rings is 1. The first-order valence-electron chi connectivity index (χ1n) is 11.9. The fraction of sp³-hybridized carbons (Fsp3) is 0.625. The number of hydrogen-bond donors (Lipinski definition) is 1. The Bertz CT molecular complexity index is 993. The summed E-state index contributed by atoms with van der Waals surface area (Å²) in [7, 11) is 0. The highest BCUT2D eigenvalue weighted by Gasteiger charge is 2.48. The van der Waals surface area contributed by atoms with Crippen molar-refractivity contribution in [1.29, 1.82) is 0 Å². The van der Waals surface area contributed by atoms with Gasteiger partial charge in [-0.25, -0.2) is 4.98 Å². The molecule has 5 rings (SSSR count). The lowest BCUT2D eigenvalue weighted by Gasteiger charge is -2.44. The number of rotatable bonds is 6. The normalized spacial score (nSPS) is 24.8. The number of fused-ring (bicyclic) bond motifs is 3. The van der Waals surface area contributed by atoms with E-state index < -0.39 is 5.54 Å². The van der Waals surface area contributed by atoms with Crippen molar-refractivity contribution in [2.75, 3.05) is 39.4 Å². The van der Waals surface area contributed by atoms with Gasteiger partial charge in [-0.2, -0.15) is 0 Å². The van der Waals surface area contributed by atoms with Crippen LogP contribution in [0.5, 0.6) is 0 Å². The Labute approximate surface area is 188 Å². The summed E-state index contributed by atoms with van der Waals surface area (Å²) in [5.41, 5.74) is 0.759. The van der Waals surface area contributed by atoms with Crippen LogP contribution in [0.15, 0.2) is 24.3 Å². The molecular weight excluding hydrogens is 406 g/mol. The Morgan fingerprint density at radius 1 is 1.19 bits per heavy atom. The molecule has 1 saturated carbocycles. The number of benzene rings is 1. The zero-order valence-corrected chi connectivity index (χ0v) is 18.9. The summed E-state index contributed by atoms with van der Waals surface area (Å²) in [5, 5.41) is 3.26. The minimum absolute atomic E-state index is 0.0486. The van der Waals surface area contributed by atoms with Crippen molar-refractivity contribution < 1.29 is 14.3 Å². The summed E-state index contributed by atoms with van der Waals surface area (Å²) in [6, 6.07) is 7.99. The topological polar surface area (TPSA) is 79.7 Å². The number of aromatic nitrogens is 2. The van der Waals surface area contributed by atoms with Gasteiger partial charge in [0, 0.05) is 32.2 Å². The molecule has 1 aromatic heterocycles. The number of amides is 2. The highest BCUT2D eigenvalue weighted by Crippen LogP contribution is 2.31. The quantitative estimate of drug-likeness (QED) is 0.745. The van der Waals surface area contributed by atoms with Crippen molar-refractivity contribution in [2.24, 2.45) is 0 Å². The predicted octanol–water partition coefficient (Wildman–Crippen LogP) is 2.03. The van der Waals surface area contributed by atoms with Gasteiger partial charge in [0.25, 0.3) is 5.91 Å². The number of nitrogens with one attached hydrogen (secondary N) is 1. The molecule has 0 bridgehead atoms. The molecule has 1 N–H and O–H groups in total. The number of carbonyl (C=O) groups is 2. The predicted molar refractivity (Wildman–Crippen MR) is 121 cm³/mol. The first-order chi connectivity index (χ1) is 15.6. The SMILES string of the molecule is C[C@@]1(C(=O)NC2CCCC2)Cn2c(nc3ccccc32)C(=O)N1CCCN1CCOCC1. The van der Waals surface area contributed by atoms with Crippen LogP contribution in [0.3, 0.4) is 0 Å². The monoisotopic (exact) mass is 439 g/mol. The van der Waals surface area contributed by atoms with Crippen molar-refractivity contribution in [1.82, 2.24) is 24.7 Å². The lowest BCUT2D eigenvalue weighted by atomic mass is 9.94. The molecule has 1 saturated heterocycles. The van der Waals surface area contributed by atoms with Crippen molar-refractivity contribution in [3.8, 4) is 0 Å². The molecule has 2 aromatic rings. The van der Waals surface area contributed by atoms with E-state index in [1.54, 1.807) is 4.90 Å². The second-order valence-corrected chi connectivity index (χ2v) is 9.50. The summed E-state index contributed by atoms with van der Waals surface area (Å²) in [5.74, 6) is 0.231. The third-order valence-electron chi connectivity index (χ3n) is 7.29. The number of hydrogen-bond acceptors (Lipinski definition) is 5. The van der Waals surface area contributed by atoms with Gasteiger partial charge in [-0.15, -0.1) is 0 Å². The van der Waals surface area contributed by atoms with Crippen molar-refractivity contribution in [3.05, 3.63) is 30.1 Å². The van der Waals surface area contributed by atoms with E-state index in [2.05, 4.69) is 15.2 Å². The molecule has 1 atom stereocenters. The molecule has 172 valence electrons. The number of imidazole rings is 1. The van der Waals surface area contributed by atoms with Gasteiger partial charge in [-0.05, 0) is 38.3 Å². The molecular formula is C24H33N5O3. The van der Waals surface area contributed by atoms with Gasteiger partial charge in [-0.3, -0.25) is 14.5 Å². The smallest absolute Gasteiger partial charge is 0.290 e. The van der Waals surface area contributed by atoms with Crippen LogP contribution in [0.25, 0.3) is 11.0 Å². The van der Waals surface area contributed by atoms with Crippen LogP contribution in [-0.2, 0) is 16.1 Å². The lowest BCUT2D eigenvalue weighted by molar-refractivity contribution is -0.133. The Kier molecular flexibility index (Phi) is 5.90. The molecule has 0 radical (unpaired) electrons. The zero-order chi connectivity index (χ0) is 22.1. The van der Waals surface area contributed by atoms with Crippen LogP contribution in [0.1, 0.15) is 49.6 Å². The summed E-state index contributed by atoms with van der Waals surface area (Å²) >= 11 is 0. The largest absolute Gasteiger partial charge is 0.379 e. The maximum Gasteiger partial charge on any atom is 0.290 e. The van der Waals surface area contributed by atoms with Gasteiger partial charge in [0.15, 0.2) is 5.82 Å². The Hall–Kier alpha value is -2.45. The van der Waals surface area contributed by atoms with E-state index in [1.165, 1.54) is 0 Å². The molecule has 0 spiro atoms. The maximum absolute atomic E-state index is 13.7.